The molecule has 3 aromatic heterocycles. The zero-order valence-corrected chi connectivity index (χ0v) is 16.7. The highest BCUT2D eigenvalue weighted by Gasteiger charge is 2.15. The maximum atomic E-state index is 13.1. The van der Waals surface area contributed by atoms with Gasteiger partial charge in [0.05, 0.1) is 9.58 Å². The average Bonchev–Trinajstić information content (AvgIpc) is 3.40. The molecule has 0 aliphatic carbocycles. The summed E-state index contributed by atoms with van der Waals surface area (Å²) in [5, 5.41) is 6.72. The third-order valence-electron chi connectivity index (χ3n) is 4.26. The molecule has 5 aromatic rings. The molecule has 3 heterocycles. The van der Waals surface area contributed by atoms with E-state index in [1.807, 2.05) is 13.1 Å². The number of anilines is 2. The first-order valence-corrected chi connectivity index (χ1v) is 10.3. The number of carbonyl (C=O) groups is 1. The summed E-state index contributed by atoms with van der Waals surface area (Å²) in [6.07, 6.45) is 0. The van der Waals surface area contributed by atoms with Gasteiger partial charge in [-0.25, -0.2) is 14.4 Å². The van der Waals surface area contributed by atoms with E-state index in [1.54, 1.807) is 30.3 Å². The number of thiophene rings is 1. The Morgan fingerprint density at radius 3 is 2.66 bits per heavy atom. The van der Waals surface area contributed by atoms with E-state index >= 15 is 0 Å². The summed E-state index contributed by atoms with van der Waals surface area (Å²) in [6, 6.07) is 13.0. The van der Waals surface area contributed by atoms with E-state index < -0.39 is 0 Å². The Labute approximate surface area is 172 Å². The number of aromatic nitrogens is 2. The van der Waals surface area contributed by atoms with Crippen molar-refractivity contribution in [2.24, 2.45) is 0 Å². The second kappa shape index (κ2) is 6.94. The Kier molecular flexibility index (Phi) is 4.26. The number of hydrogen-bond acceptors (Lipinski definition) is 7. The predicted molar refractivity (Wildman–Crippen MR) is 114 cm³/mol. The molecule has 0 aliphatic heterocycles. The molecule has 6 nitrogen and oxygen atoms in total. The molecule has 2 N–H and O–H groups in total. The van der Waals surface area contributed by atoms with Crippen molar-refractivity contribution in [3.05, 3.63) is 59.2 Å². The van der Waals surface area contributed by atoms with E-state index in [2.05, 4.69) is 20.6 Å². The Bertz CT molecular complexity index is 1320. The summed E-state index contributed by atoms with van der Waals surface area (Å²) >= 11 is 2.86. The highest BCUT2D eigenvalue weighted by molar-refractivity contribution is 7.29. The van der Waals surface area contributed by atoms with E-state index in [9.17, 15) is 9.18 Å². The van der Waals surface area contributed by atoms with Crippen LogP contribution >= 0.6 is 22.7 Å². The van der Waals surface area contributed by atoms with Crippen LogP contribution < -0.4 is 10.6 Å². The number of thiazole rings is 1. The van der Waals surface area contributed by atoms with E-state index in [4.69, 9.17) is 4.42 Å². The third-order valence-corrected chi connectivity index (χ3v) is 6.44. The van der Waals surface area contributed by atoms with Gasteiger partial charge in [-0.2, -0.15) is 0 Å². The summed E-state index contributed by atoms with van der Waals surface area (Å²) < 4.78 is 19.8. The van der Waals surface area contributed by atoms with E-state index in [0.29, 0.717) is 33.1 Å². The second-order valence-electron chi connectivity index (χ2n) is 6.21. The molecule has 29 heavy (non-hydrogen) atoms. The van der Waals surface area contributed by atoms with Gasteiger partial charge >= 0.3 is 0 Å². The quantitative estimate of drug-likeness (QED) is 0.393. The van der Waals surface area contributed by atoms with E-state index in [-0.39, 0.29) is 11.7 Å². The smallest absolute Gasteiger partial charge is 0.265 e. The molecule has 0 atom stereocenters. The Morgan fingerprint density at radius 1 is 1.07 bits per heavy atom. The third kappa shape index (κ3) is 3.34. The minimum absolute atomic E-state index is 0.201. The van der Waals surface area contributed by atoms with Crippen LogP contribution in [0.5, 0.6) is 0 Å². The van der Waals surface area contributed by atoms with Gasteiger partial charge in [0.2, 0.25) is 5.89 Å². The fraction of sp³-hybridized carbons (Fsp3) is 0.0500. The van der Waals surface area contributed by atoms with Crippen molar-refractivity contribution in [1.82, 2.24) is 9.97 Å². The molecule has 0 spiro atoms. The highest BCUT2D eigenvalue weighted by atomic mass is 32.1. The lowest BCUT2D eigenvalue weighted by Gasteiger charge is -2.02. The van der Waals surface area contributed by atoms with Crippen LogP contribution in [0.3, 0.4) is 0 Å². The normalized spacial score (nSPS) is 11.2. The predicted octanol–water partition coefficient (Wildman–Crippen LogP) is 5.60. The van der Waals surface area contributed by atoms with Crippen molar-refractivity contribution in [2.75, 3.05) is 17.7 Å². The fourth-order valence-corrected chi connectivity index (χ4v) is 4.83. The summed E-state index contributed by atoms with van der Waals surface area (Å²) in [4.78, 5) is 22.9. The minimum atomic E-state index is -0.319. The van der Waals surface area contributed by atoms with Crippen molar-refractivity contribution >= 4 is 60.0 Å². The van der Waals surface area contributed by atoms with Crippen LogP contribution in [0, 0.1) is 5.82 Å². The van der Waals surface area contributed by atoms with Crippen LogP contribution in [0.2, 0.25) is 0 Å². The number of rotatable bonds is 4. The van der Waals surface area contributed by atoms with Crippen LogP contribution in [-0.4, -0.2) is 22.9 Å². The Morgan fingerprint density at radius 2 is 1.90 bits per heavy atom. The topological polar surface area (TPSA) is 80.0 Å². The second-order valence-corrected chi connectivity index (χ2v) is 8.27. The molecule has 9 heteroatoms. The fourth-order valence-electron chi connectivity index (χ4n) is 2.87. The number of benzene rings is 2. The summed E-state index contributed by atoms with van der Waals surface area (Å²) in [5.74, 6) is -0.123. The molecular formula is C20H13FN4O2S2. The van der Waals surface area contributed by atoms with Gasteiger partial charge in [-0.15, -0.1) is 11.3 Å². The van der Waals surface area contributed by atoms with Gasteiger partial charge in [0.25, 0.3) is 5.91 Å². The first kappa shape index (κ1) is 17.8. The number of nitrogens with zero attached hydrogens (tertiary/aromatic N) is 2. The monoisotopic (exact) mass is 424 g/mol. The standard InChI is InChI=1S/C20H13FN4O2S2/c1-22-20-25-19-16(29-20)9-15(28-19)17(26)23-12-6-7-14-13(8-12)24-18(27-14)10-2-4-11(21)5-3-10/h2-9H,1H3,(H,22,25)(H,23,26). The van der Waals surface area contributed by atoms with Gasteiger partial charge in [0, 0.05) is 18.3 Å². The van der Waals surface area contributed by atoms with Crippen molar-refractivity contribution in [1.29, 1.82) is 0 Å². The number of nitrogens with one attached hydrogen (secondary N) is 2. The molecule has 5 rings (SSSR count). The van der Waals surface area contributed by atoms with Gasteiger partial charge < -0.3 is 15.1 Å². The zero-order valence-electron chi connectivity index (χ0n) is 15.0. The molecular weight excluding hydrogens is 411 g/mol. The van der Waals surface area contributed by atoms with Gasteiger partial charge in [0.1, 0.15) is 16.2 Å². The molecule has 0 saturated carbocycles. The molecule has 0 radical (unpaired) electrons. The van der Waals surface area contributed by atoms with Crippen LogP contribution in [0.15, 0.2) is 52.9 Å². The lowest BCUT2D eigenvalue weighted by Crippen LogP contribution is -2.09. The number of oxazole rings is 1. The van der Waals surface area contributed by atoms with Crippen molar-refractivity contribution in [3.8, 4) is 11.5 Å². The first-order valence-electron chi connectivity index (χ1n) is 8.65. The summed E-state index contributed by atoms with van der Waals surface area (Å²) in [7, 11) is 1.82. The van der Waals surface area contributed by atoms with Crippen LogP contribution in [0.25, 0.3) is 32.1 Å². The Hall–Kier alpha value is -3.30. The maximum Gasteiger partial charge on any atom is 0.265 e. The molecule has 0 unspecified atom stereocenters. The SMILES string of the molecule is CNc1nc2sc(C(=O)Nc3ccc4oc(-c5ccc(F)cc5)nc4c3)cc2s1. The van der Waals surface area contributed by atoms with Gasteiger partial charge in [-0.05, 0) is 48.5 Å². The van der Waals surface area contributed by atoms with Crippen molar-refractivity contribution < 1.29 is 13.6 Å². The minimum Gasteiger partial charge on any atom is -0.436 e. The number of halogens is 1. The number of amides is 1. The van der Waals surface area contributed by atoms with E-state index in [1.165, 1.54) is 34.8 Å². The van der Waals surface area contributed by atoms with Crippen LogP contribution in [-0.2, 0) is 0 Å². The molecule has 0 bridgehead atoms. The van der Waals surface area contributed by atoms with Crippen LogP contribution in [0.1, 0.15) is 9.67 Å². The summed E-state index contributed by atoms with van der Waals surface area (Å²) in [6.45, 7) is 0. The number of carbonyl (C=O) groups excluding carboxylic acids is 1. The Balaban J connectivity index is 1.39. The highest BCUT2D eigenvalue weighted by Crippen LogP contribution is 2.33. The van der Waals surface area contributed by atoms with E-state index in [0.717, 1.165) is 14.7 Å². The molecule has 0 aliphatic rings. The average molecular weight is 424 g/mol. The van der Waals surface area contributed by atoms with Gasteiger partial charge in [-0.1, -0.05) is 11.3 Å². The largest absolute Gasteiger partial charge is 0.436 e. The molecule has 144 valence electrons. The molecule has 0 fully saturated rings. The first-order chi connectivity index (χ1) is 14.1. The van der Waals surface area contributed by atoms with Crippen molar-refractivity contribution in [3.63, 3.8) is 0 Å². The maximum absolute atomic E-state index is 13.1. The van der Waals surface area contributed by atoms with Crippen molar-refractivity contribution in [2.45, 2.75) is 0 Å². The summed E-state index contributed by atoms with van der Waals surface area (Å²) in [5.41, 5.74) is 2.49. The molecule has 0 saturated heterocycles. The lowest BCUT2D eigenvalue weighted by molar-refractivity contribution is 0.103. The molecule has 2 aromatic carbocycles. The number of fused-ring (bicyclic) bond motifs is 2. The van der Waals surface area contributed by atoms with Gasteiger partial charge in [0.15, 0.2) is 10.7 Å². The van der Waals surface area contributed by atoms with Crippen LogP contribution in [0.4, 0.5) is 15.2 Å². The molecule has 1 amide bonds. The zero-order chi connectivity index (χ0) is 20.0. The lowest BCUT2D eigenvalue weighted by atomic mass is 10.2. The van der Waals surface area contributed by atoms with Gasteiger partial charge in [-0.3, -0.25) is 4.79 Å². The number of hydrogen-bond donors (Lipinski definition) is 2.